The van der Waals surface area contributed by atoms with Crippen molar-refractivity contribution < 1.29 is 5.11 Å². The van der Waals surface area contributed by atoms with Gasteiger partial charge in [0.25, 0.3) is 0 Å². The molecule has 1 aliphatic heterocycles. The quantitative estimate of drug-likeness (QED) is 0.767. The van der Waals surface area contributed by atoms with Crippen LogP contribution >= 0.6 is 0 Å². The predicted octanol–water partition coefficient (Wildman–Crippen LogP) is 0.754. The molecule has 2 heterocycles. The monoisotopic (exact) mass is 272 g/mol. The van der Waals surface area contributed by atoms with E-state index >= 15 is 0 Å². The standard InChI is InChI=1S/C15H20N4O/c16-8-12(20)9-19-7-6-14-13(10-19)15(18-17-14)11-4-2-1-3-5-11/h1-5,12,20H,6-10,16H2,(H,17,18)/t12-/m0/s1. The van der Waals surface area contributed by atoms with Gasteiger partial charge in [0.2, 0.25) is 0 Å². The molecule has 2 aromatic rings. The number of nitrogens with one attached hydrogen (secondary N) is 1. The molecule has 20 heavy (non-hydrogen) atoms. The van der Waals surface area contributed by atoms with Crippen molar-refractivity contribution in [2.45, 2.75) is 19.1 Å². The molecule has 4 N–H and O–H groups in total. The number of nitrogens with zero attached hydrogens (tertiary/aromatic N) is 2. The molecule has 0 spiro atoms. The van der Waals surface area contributed by atoms with Gasteiger partial charge in [-0.05, 0) is 0 Å². The van der Waals surface area contributed by atoms with Crippen LogP contribution in [0.5, 0.6) is 0 Å². The lowest BCUT2D eigenvalue weighted by atomic mass is 10.0. The number of aliphatic hydroxyl groups excluding tert-OH is 1. The molecule has 0 aliphatic carbocycles. The van der Waals surface area contributed by atoms with Crippen LogP contribution in [0.1, 0.15) is 11.3 Å². The Morgan fingerprint density at radius 1 is 1.35 bits per heavy atom. The maximum absolute atomic E-state index is 9.71. The summed E-state index contributed by atoms with van der Waals surface area (Å²) < 4.78 is 0. The van der Waals surface area contributed by atoms with Gasteiger partial charge in [0, 0.05) is 49.4 Å². The lowest BCUT2D eigenvalue weighted by molar-refractivity contribution is 0.111. The fraction of sp³-hybridized carbons (Fsp3) is 0.400. The maximum Gasteiger partial charge on any atom is 0.0968 e. The van der Waals surface area contributed by atoms with Crippen molar-refractivity contribution in [1.29, 1.82) is 0 Å². The van der Waals surface area contributed by atoms with Gasteiger partial charge in [0.15, 0.2) is 0 Å². The Labute approximate surface area is 118 Å². The smallest absolute Gasteiger partial charge is 0.0968 e. The third-order valence-corrected chi connectivity index (χ3v) is 3.80. The van der Waals surface area contributed by atoms with E-state index in [2.05, 4.69) is 27.2 Å². The van der Waals surface area contributed by atoms with Gasteiger partial charge in [0.05, 0.1) is 11.8 Å². The minimum Gasteiger partial charge on any atom is -0.390 e. The highest BCUT2D eigenvalue weighted by Gasteiger charge is 2.23. The zero-order chi connectivity index (χ0) is 13.9. The van der Waals surface area contributed by atoms with Crippen molar-refractivity contribution in [2.75, 3.05) is 19.6 Å². The Morgan fingerprint density at radius 2 is 2.15 bits per heavy atom. The van der Waals surface area contributed by atoms with Crippen molar-refractivity contribution >= 4 is 0 Å². The highest BCUT2D eigenvalue weighted by atomic mass is 16.3. The molecular formula is C15H20N4O. The first kappa shape index (κ1) is 13.3. The fourth-order valence-electron chi connectivity index (χ4n) is 2.71. The van der Waals surface area contributed by atoms with E-state index in [1.807, 2.05) is 18.2 Å². The van der Waals surface area contributed by atoms with E-state index in [1.54, 1.807) is 0 Å². The second-order valence-electron chi connectivity index (χ2n) is 5.27. The average Bonchev–Trinajstić information content (AvgIpc) is 2.91. The normalized spacial score (nSPS) is 16.9. The molecule has 0 saturated carbocycles. The van der Waals surface area contributed by atoms with Gasteiger partial charge >= 0.3 is 0 Å². The maximum atomic E-state index is 9.71. The first-order valence-corrected chi connectivity index (χ1v) is 7.00. The van der Waals surface area contributed by atoms with Crippen LogP contribution in [0.25, 0.3) is 11.3 Å². The summed E-state index contributed by atoms with van der Waals surface area (Å²) in [4.78, 5) is 2.24. The topological polar surface area (TPSA) is 78.2 Å². The molecule has 0 unspecified atom stereocenters. The Kier molecular flexibility index (Phi) is 3.82. The van der Waals surface area contributed by atoms with Crippen molar-refractivity contribution in [1.82, 2.24) is 15.1 Å². The number of benzene rings is 1. The van der Waals surface area contributed by atoms with Crippen LogP contribution < -0.4 is 5.73 Å². The van der Waals surface area contributed by atoms with Crippen LogP contribution in [-0.2, 0) is 13.0 Å². The number of aromatic nitrogens is 2. The van der Waals surface area contributed by atoms with E-state index in [4.69, 9.17) is 5.73 Å². The number of fused-ring (bicyclic) bond motifs is 1. The molecule has 5 heteroatoms. The first-order chi connectivity index (χ1) is 9.78. The molecule has 5 nitrogen and oxygen atoms in total. The number of hydrogen-bond acceptors (Lipinski definition) is 4. The van der Waals surface area contributed by atoms with Gasteiger partial charge in [-0.1, -0.05) is 30.3 Å². The summed E-state index contributed by atoms with van der Waals surface area (Å²) in [5.74, 6) is 0. The molecule has 0 bridgehead atoms. The van der Waals surface area contributed by atoms with Crippen LogP contribution in [0.15, 0.2) is 30.3 Å². The van der Waals surface area contributed by atoms with Gasteiger partial charge < -0.3 is 10.8 Å². The van der Waals surface area contributed by atoms with Crippen molar-refractivity contribution in [3.63, 3.8) is 0 Å². The molecule has 0 amide bonds. The van der Waals surface area contributed by atoms with Gasteiger partial charge in [-0.2, -0.15) is 5.10 Å². The van der Waals surface area contributed by atoms with Gasteiger partial charge in [-0.15, -0.1) is 0 Å². The highest BCUT2D eigenvalue weighted by Crippen LogP contribution is 2.28. The lowest BCUT2D eigenvalue weighted by Crippen LogP contribution is -2.39. The Bertz CT molecular complexity index is 567. The summed E-state index contributed by atoms with van der Waals surface area (Å²) in [6.45, 7) is 2.67. The molecule has 1 aliphatic rings. The molecule has 0 saturated heterocycles. The number of aromatic amines is 1. The van der Waals surface area contributed by atoms with Crippen LogP contribution in [0.2, 0.25) is 0 Å². The Hall–Kier alpha value is -1.69. The molecular weight excluding hydrogens is 252 g/mol. The SMILES string of the molecule is NC[C@H](O)CN1CCc2[nH]nc(-c3ccccc3)c2C1. The van der Waals surface area contributed by atoms with Gasteiger partial charge in [-0.25, -0.2) is 0 Å². The van der Waals surface area contributed by atoms with E-state index in [0.717, 1.165) is 30.8 Å². The van der Waals surface area contributed by atoms with Crippen LogP contribution in [0.3, 0.4) is 0 Å². The van der Waals surface area contributed by atoms with E-state index in [0.29, 0.717) is 13.1 Å². The van der Waals surface area contributed by atoms with E-state index in [1.165, 1.54) is 11.3 Å². The largest absolute Gasteiger partial charge is 0.390 e. The number of nitrogens with two attached hydrogens (primary N) is 1. The zero-order valence-corrected chi connectivity index (χ0v) is 11.4. The second-order valence-corrected chi connectivity index (χ2v) is 5.27. The Balaban J connectivity index is 1.83. The van der Waals surface area contributed by atoms with Crippen LogP contribution in [0, 0.1) is 0 Å². The first-order valence-electron chi connectivity index (χ1n) is 7.00. The van der Waals surface area contributed by atoms with Crippen molar-refractivity contribution in [3.05, 3.63) is 41.6 Å². The summed E-state index contributed by atoms with van der Waals surface area (Å²) in [5, 5.41) is 17.3. The van der Waals surface area contributed by atoms with Crippen molar-refractivity contribution in [3.8, 4) is 11.3 Å². The summed E-state index contributed by atoms with van der Waals surface area (Å²) in [7, 11) is 0. The van der Waals surface area contributed by atoms with Crippen LogP contribution in [0.4, 0.5) is 0 Å². The lowest BCUT2D eigenvalue weighted by Gasteiger charge is -2.28. The Morgan fingerprint density at radius 3 is 2.90 bits per heavy atom. The number of aliphatic hydroxyl groups is 1. The second kappa shape index (κ2) is 5.75. The zero-order valence-electron chi connectivity index (χ0n) is 11.4. The van der Waals surface area contributed by atoms with Crippen LogP contribution in [-0.4, -0.2) is 45.9 Å². The molecule has 1 atom stereocenters. The number of rotatable bonds is 4. The fourth-order valence-corrected chi connectivity index (χ4v) is 2.71. The summed E-state index contributed by atoms with van der Waals surface area (Å²) in [5.41, 5.74) is 10.1. The van der Waals surface area contributed by atoms with E-state index < -0.39 is 6.10 Å². The minimum absolute atomic E-state index is 0.306. The third kappa shape index (κ3) is 2.60. The van der Waals surface area contributed by atoms with E-state index in [-0.39, 0.29) is 0 Å². The molecule has 0 radical (unpaired) electrons. The predicted molar refractivity (Wildman–Crippen MR) is 78.1 cm³/mol. The molecule has 106 valence electrons. The van der Waals surface area contributed by atoms with Crippen molar-refractivity contribution in [2.24, 2.45) is 5.73 Å². The summed E-state index contributed by atoms with van der Waals surface area (Å²) >= 11 is 0. The molecule has 1 aromatic carbocycles. The highest BCUT2D eigenvalue weighted by molar-refractivity contribution is 5.64. The summed E-state index contributed by atoms with van der Waals surface area (Å²) in [6, 6.07) is 10.2. The number of hydrogen-bond donors (Lipinski definition) is 3. The molecule has 3 rings (SSSR count). The number of β-amino-alcohol motifs (C(OH)–C–C–N with tert-alkyl or cyclic N) is 1. The number of H-pyrrole nitrogens is 1. The van der Waals surface area contributed by atoms with E-state index in [9.17, 15) is 5.11 Å². The average molecular weight is 272 g/mol. The van der Waals surface area contributed by atoms with Gasteiger partial charge in [-0.3, -0.25) is 10.00 Å². The molecule has 1 aromatic heterocycles. The molecule has 0 fully saturated rings. The van der Waals surface area contributed by atoms with Gasteiger partial charge in [0.1, 0.15) is 0 Å². The minimum atomic E-state index is -0.455. The third-order valence-electron chi connectivity index (χ3n) is 3.80. The summed E-state index contributed by atoms with van der Waals surface area (Å²) in [6.07, 6.45) is 0.482.